The maximum absolute atomic E-state index is 12.8. The summed E-state index contributed by atoms with van der Waals surface area (Å²) in [5.74, 6) is -0.344. The van der Waals surface area contributed by atoms with Gasteiger partial charge >= 0.3 is 20.8 Å². The van der Waals surface area contributed by atoms with Gasteiger partial charge in [0.25, 0.3) is 0 Å². The molecule has 0 aromatic heterocycles. The zero-order valence-electron chi connectivity index (χ0n) is 21.1. The number of nitrogens with zero attached hydrogens (tertiary/aromatic N) is 2. The molecule has 0 unspecified atom stereocenters. The van der Waals surface area contributed by atoms with Gasteiger partial charge in [-0.1, -0.05) is 65.2 Å². The molecule has 13 heteroatoms. The van der Waals surface area contributed by atoms with E-state index in [1.807, 2.05) is 0 Å². The van der Waals surface area contributed by atoms with E-state index >= 15 is 0 Å². The van der Waals surface area contributed by atoms with Crippen molar-refractivity contribution < 1.29 is 38.4 Å². The van der Waals surface area contributed by atoms with Crippen LogP contribution in [0.3, 0.4) is 0 Å². The van der Waals surface area contributed by atoms with Crippen LogP contribution in [0.5, 0.6) is 0 Å². The Labute approximate surface area is 211 Å². The van der Waals surface area contributed by atoms with Gasteiger partial charge < -0.3 is 9.80 Å². The Balaban J connectivity index is 2.86. The van der Waals surface area contributed by atoms with Gasteiger partial charge in [-0.15, -0.1) is 3.63 Å². The summed E-state index contributed by atoms with van der Waals surface area (Å²) in [6, 6.07) is 0. The Morgan fingerprint density at radius 2 is 0.971 bits per heavy atom. The first kappa shape index (κ1) is 31.7. The van der Waals surface area contributed by atoms with Gasteiger partial charge in [-0.05, 0) is 12.8 Å². The van der Waals surface area contributed by atoms with Crippen LogP contribution >= 0.6 is 0 Å². The second-order valence-electron chi connectivity index (χ2n) is 8.62. The fourth-order valence-electron chi connectivity index (χ4n) is 3.68. The second kappa shape index (κ2) is 17.2. The summed E-state index contributed by atoms with van der Waals surface area (Å²) in [5, 5.41) is 0. The number of unbranched alkanes of at least 4 members (excludes halogenated alkanes) is 8. The lowest BCUT2D eigenvalue weighted by molar-refractivity contribution is -0.135. The zero-order valence-corrected chi connectivity index (χ0v) is 22.7. The van der Waals surface area contributed by atoms with E-state index in [9.17, 15) is 26.4 Å². The normalized spacial score (nSPS) is 19.4. The lowest BCUT2D eigenvalue weighted by atomic mass is 10.1. The molecule has 2 amide bonds. The van der Waals surface area contributed by atoms with Gasteiger partial charge in [-0.2, -0.15) is 16.8 Å². The summed E-state index contributed by atoms with van der Waals surface area (Å²) in [4.78, 5) is 28.5. The molecule has 1 rings (SSSR count). The second-order valence-corrected chi connectivity index (χ2v) is 11.3. The van der Waals surface area contributed by atoms with Gasteiger partial charge in [0.1, 0.15) is 0 Å². The molecule has 11 nitrogen and oxygen atoms in total. The van der Waals surface area contributed by atoms with E-state index in [0.717, 1.165) is 51.4 Å². The maximum Gasteiger partial charge on any atom is 0.416 e. The molecule has 0 bridgehead atoms. The third kappa shape index (κ3) is 14.8. The smallest absolute Gasteiger partial charge is 0.339 e. The van der Waals surface area contributed by atoms with Gasteiger partial charge in [-0.3, -0.25) is 9.59 Å². The van der Waals surface area contributed by atoms with Crippen molar-refractivity contribution >= 4 is 32.6 Å². The molecule has 0 aromatic carbocycles. The Bertz CT molecular complexity index is 764. The summed E-state index contributed by atoms with van der Waals surface area (Å²) in [5.41, 5.74) is 0. The Hall–Kier alpha value is -1.28. The van der Waals surface area contributed by atoms with Crippen molar-refractivity contribution in [1.82, 2.24) is 9.80 Å². The molecule has 0 aromatic rings. The van der Waals surface area contributed by atoms with Crippen molar-refractivity contribution in [3.63, 3.8) is 0 Å². The number of carbonyl (C=O) groups excluding carboxylic acids is 2. The summed E-state index contributed by atoms with van der Waals surface area (Å²) in [7, 11) is -9.77. The van der Waals surface area contributed by atoms with Crippen molar-refractivity contribution in [1.29, 1.82) is 0 Å². The molecule has 0 aliphatic carbocycles. The summed E-state index contributed by atoms with van der Waals surface area (Å²) >= 11 is 0. The van der Waals surface area contributed by atoms with Crippen LogP contribution in [0.4, 0.5) is 0 Å². The highest BCUT2D eigenvalue weighted by atomic mass is 32.3. The third-order valence-electron chi connectivity index (χ3n) is 5.68. The van der Waals surface area contributed by atoms with Crippen molar-refractivity contribution in [2.75, 3.05) is 39.4 Å². The predicted molar refractivity (Wildman–Crippen MR) is 131 cm³/mol. The number of carbonyl (C=O) groups is 2. The number of amides is 2. The largest absolute Gasteiger partial charge is 0.416 e. The monoisotopic (exact) mass is 542 g/mol. The van der Waals surface area contributed by atoms with E-state index in [2.05, 4.69) is 25.8 Å². The molecule has 0 N–H and O–H groups in total. The predicted octanol–water partition coefficient (Wildman–Crippen LogP) is 2.92. The first-order valence-corrected chi connectivity index (χ1v) is 15.3. The highest BCUT2D eigenvalue weighted by Gasteiger charge is 2.27. The average molecular weight is 543 g/mol. The molecule has 1 saturated heterocycles. The van der Waals surface area contributed by atoms with E-state index in [4.69, 9.17) is 0 Å². The van der Waals surface area contributed by atoms with Gasteiger partial charge in [-0.25, -0.2) is 8.37 Å². The first-order valence-electron chi connectivity index (χ1n) is 12.7. The Morgan fingerprint density at radius 1 is 0.600 bits per heavy atom. The molecule has 35 heavy (non-hydrogen) atoms. The van der Waals surface area contributed by atoms with Crippen LogP contribution in [-0.2, 0) is 42.4 Å². The lowest BCUT2D eigenvalue weighted by Crippen LogP contribution is -2.43. The van der Waals surface area contributed by atoms with Gasteiger partial charge in [0.2, 0.25) is 11.8 Å². The van der Waals surface area contributed by atoms with Crippen molar-refractivity contribution in [2.24, 2.45) is 0 Å². The first-order chi connectivity index (χ1) is 16.6. The molecule has 206 valence electrons. The van der Waals surface area contributed by atoms with E-state index < -0.39 is 34.0 Å². The quantitative estimate of drug-likeness (QED) is 0.341. The molecule has 1 aliphatic heterocycles. The van der Waals surface area contributed by atoms with Gasteiger partial charge in [0.05, 0.1) is 13.2 Å². The van der Waals surface area contributed by atoms with E-state index in [-0.39, 0.29) is 38.0 Å². The summed E-state index contributed by atoms with van der Waals surface area (Å²) in [6.45, 7) is 3.42. The molecule has 0 atom stereocenters. The fraction of sp³-hybridized carbons (Fsp3) is 0.909. The number of hydrogen-bond acceptors (Lipinski definition) is 9. The molecular formula is C22H42N2O9S2. The van der Waals surface area contributed by atoms with Crippen LogP contribution in [0.15, 0.2) is 0 Å². The summed E-state index contributed by atoms with van der Waals surface area (Å²) < 4.78 is 60.5. The molecule has 0 spiro atoms. The molecule has 1 heterocycles. The fourth-order valence-corrected chi connectivity index (χ4v) is 5.37. The van der Waals surface area contributed by atoms with Gasteiger partial charge in [0.15, 0.2) is 0 Å². The standard InChI is InChI=1S/C22H42N2O9S2/c1-3-5-7-9-11-13-21(25)23-15-16-24(22(26)14-12-10-8-6-4-2)18-20-32-35(29,30)33-34(27,28)31-19-17-23/h3-20H2,1-2H3. The Kier molecular flexibility index (Phi) is 15.6. The molecular weight excluding hydrogens is 500 g/mol. The van der Waals surface area contributed by atoms with Crippen LogP contribution in [-0.4, -0.2) is 77.8 Å². The zero-order chi connectivity index (χ0) is 26.2. The van der Waals surface area contributed by atoms with E-state index in [1.54, 1.807) is 0 Å². The SMILES string of the molecule is CCCCCCCC(=O)N1CCOS(=O)(=O)OS(=O)(=O)OCCN(C(=O)CCCCCCC)CC1. The van der Waals surface area contributed by atoms with Crippen LogP contribution in [0.2, 0.25) is 0 Å². The van der Waals surface area contributed by atoms with Gasteiger partial charge in [0, 0.05) is 39.0 Å². The van der Waals surface area contributed by atoms with Crippen molar-refractivity contribution in [3.05, 3.63) is 0 Å². The van der Waals surface area contributed by atoms with Crippen LogP contribution < -0.4 is 0 Å². The summed E-state index contributed by atoms with van der Waals surface area (Å²) in [6.07, 6.45) is 10.3. The van der Waals surface area contributed by atoms with Crippen LogP contribution in [0, 0.1) is 0 Å². The van der Waals surface area contributed by atoms with Crippen molar-refractivity contribution in [3.8, 4) is 0 Å². The average Bonchev–Trinajstić information content (AvgIpc) is 2.78. The van der Waals surface area contributed by atoms with E-state index in [0.29, 0.717) is 25.7 Å². The minimum Gasteiger partial charge on any atom is -0.339 e. The minimum absolute atomic E-state index is 0.0870. The maximum atomic E-state index is 12.8. The molecule has 0 saturated carbocycles. The topological polar surface area (TPSA) is 137 Å². The molecule has 1 fully saturated rings. The van der Waals surface area contributed by atoms with E-state index in [1.165, 1.54) is 9.80 Å². The van der Waals surface area contributed by atoms with Crippen LogP contribution in [0.1, 0.15) is 90.9 Å². The Morgan fingerprint density at radius 3 is 1.34 bits per heavy atom. The molecule has 1 aliphatic rings. The highest BCUT2D eigenvalue weighted by Crippen LogP contribution is 2.12. The third-order valence-corrected chi connectivity index (χ3v) is 7.92. The minimum atomic E-state index is -4.89. The van der Waals surface area contributed by atoms with Crippen LogP contribution in [0.25, 0.3) is 0 Å². The number of rotatable bonds is 12. The lowest BCUT2D eigenvalue weighted by Gasteiger charge is -2.28. The molecule has 0 radical (unpaired) electrons. The highest BCUT2D eigenvalue weighted by molar-refractivity contribution is 7.95. The van der Waals surface area contributed by atoms with Crippen molar-refractivity contribution in [2.45, 2.75) is 90.9 Å². The number of hydrogen-bond donors (Lipinski definition) is 0.